The maximum absolute atomic E-state index is 12.4. The third-order valence-electron chi connectivity index (χ3n) is 10.7. The van der Waals surface area contributed by atoms with Gasteiger partial charge in [-0.1, -0.05) is 47.5 Å². The molecule has 5 aliphatic carbocycles. The molecule has 8 unspecified atom stereocenters. The highest BCUT2D eigenvalue weighted by Gasteiger charge is 2.62. The Kier molecular flexibility index (Phi) is 7.47. The molecule has 0 aromatic rings. The van der Waals surface area contributed by atoms with Gasteiger partial charge in [-0.05, 0) is 105 Å². The maximum atomic E-state index is 12.4. The van der Waals surface area contributed by atoms with Gasteiger partial charge < -0.3 is 0 Å². The van der Waals surface area contributed by atoms with Gasteiger partial charge in [0.25, 0.3) is 0 Å². The van der Waals surface area contributed by atoms with E-state index in [0.717, 1.165) is 36.0 Å². The quantitative estimate of drug-likeness (QED) is 0.369. The first-order chi connectivity index (χ1) is 14.4. The van der Waals surface area contributed by atoms with Gasteiger partial charge in [0.2, 0.25) is 0 Å². The standard InChI is InChI=1S/C24H38O.C3H4.C2H6/c1-15-19-11-13-24(3)20-9-7-16-5-4-6-17(16)18(20)8-10-22(24)23(19,2)14-12-21(15)25;1-3-2;1-2/h15-20,22H,4-14H2,1-3H3;1H,2H3;1-2H3/t15-,16?,17?,18?,19?,20?,22?,23?,24?;;/m1../s1. The molecule has 0 radical (unpaired) electrons. The van der Waals surface area contributed by atoms with E-state index in [1.165, 1.54) is 64.2 Å². The molecule has 0 spiro atoms. The SMILES string of the molecule is C#CC.CC.C[C@H]1C(=O)CCC2(C)C1CCC1(C)C3CCC4CCCC4C3CCC12. The van der Waals surface area contributed by atoms with Crippen LogP contribution in [-0.4, -0.2) is 5.78 Å². The van der Waals surface area contributed by atoms with Crippen molar-refractivity contribution >= 4 is 5.78 Å². The molecule has 0 heterocycles. The van der Waals surface area contributed by atoms with E-state index < -0.39 is 0 Å². The predicted molar refractivity (Wildman–Crippen MR) is 128 cm³/mol. The number of terminal acetylenes is 1. The van der Waals surface area contributed by atoms with Crippen molar-refractivity contribution in [3.63, 3.8) is 0 Å². The van der Waals surface area contributed by atoms with E-state index in [1.54, 1.807) is 6.92 Å². The van der Waals surface area contributed by atoms with Crippen molar-refractivity contribution < 1.29 is 4.79 Å². The first kappa shape index (κ1) is 23.9. The van der Waals surface area contributed by atoms with E-state index in [0.29, 0.717) is 28.4 Å². The normalized spacial score (nSPS) is 48.8. The van der Waals surface area contributed by atoms with Crippen molar-refractivity contribution in [3.05, 3.63) is 0 Å². The van der Waals surface area contributed by atoms with Crippen molar-refractivity contribution in [2.24, 2.45) is 52.3 Å². The number of fused-ring (bicyclic) bond motifs is 7. The van der Waals surface area contributed by atoms with Crippen molar-refractivity contribution in [1.82, 2.24) is 0 Å². The van der Waals surface area contributed by atoms with Crippen LogP contribution in [0, 0.1) is 64.6 Å². The summed E-state index contributed by atoms with van der Waals surface area (Å²) in [5.41, 5.74) is 1.01. The van der Waals surface area contributed by atoms with E-state index in [2.05, 4.69) is 33.1 Å². The molecule has 0 saturated heterocycles. The summed E-state index contributed by atoms with van der Waals surface area (Å²) in [5, 5.41) is 0. The van der Waals surface area contributed by atoms with Gasteiger partial charge >= 0.3 is 0 Å². The summed E-state index contributed by atoms with van der Waals surface area (Å²) in [6.45, 7) is 13.2. The number of carbonyl (C=O) groups excluding carboxylic acids is 1. The number of carbonyl (C=O) groups is 1. The Hall–Kier alpha value is -0.770. The number of Topliss-reactive ketones (excluding diaryl/α,β-unsaturated/α-hetero) is 1. The van der Waals surface area contributed by atoms with Crippen molar-refractivity contribution in [1.29, 1.82) is 0 Å². The van der Waals surface area contributed by atoms with Crippen LogP contribution in [0.2, 0.25) is 0 Å². The molecule has 5 saturated carbocycles. The molecule has 0 N–H and O–H groups in total. The van der Waals surface area contributed by atoms with Crippen LogP contribution in [0.5, 0.6) is 0 Å². The third kappa shape index (κ3) is 3.69. The summed E-state index contributed by atoms with van der Waals surface area (Å²) in [7, 11) is 0. The van der Waals surface area contributed by atoms with Crippen molar-refractivity contribution in [3.8, 4) is 12.3 Å². The van der Waals surface area contributed by atoms with E-state index in [4.69, 9.17) is 0 Å². The van der Waals surface area contributed by atoms with Crippen LogP contribution < -0.4 is 0 Å². The van der Waals surface area contributed by atoms with Crippen LogP contribution in [0.25, 0.3) is 0 Å². The average molecular weight is 413 g/mol. The summed E-state index contributed by atoms with van der Waals surface area (Å²) in [6.07, 6.45) is 20.0. The molecule has 30 heavy (non-hydrogen) atoms. The minimum atomic E-state index is 0.326. The van der Waals surface area contributed by atoms with Crippen LogP contribution in [-0.2, 0) is 4.79 Å². The van der Waals surface area contributed by atoms with Gasteiger partial charge in [0.1, 0.15) is 5.78 Å². The Balaban J connectivity index is 0.000000473. The minimum Gasteiger partial charge on any atom is -0.299 e. The fourth-order valence-electron chi connectivity index (χ4n) is 9.60. The van der Waals surface area contributed by atoms with Crippen molar-refractivity contribution in [2.75, 3.05) is 0 Å². The van der Waals surface area contributed by atoms with E-state index in [9.17, 15) is 4.79 Å². The predicted octanol–water partition coefficient (Wildman–Crippen LogP) is 7.93. The first-order valence-corrected chi connectivity index (χ1v) is 13.3. The second-order valence-electron chi connectivity index (χ2n) is 11.5. The Morgan fingerprint density at radius 3 is 2.23 bits per heavy atom. The molecule has 0 aliphatic heterocycles. The van der Waals surface area contributed by atoms with E-state index in [1.807, 2.05) is 13.8 Å². The van der Waals surface area contributed by atoms with Crippen LogP contribution >= 0.6 is 0 Å². The van der Waals surface area contributed by atoms with Crippen LogP contribution in [0.15, 0.2) is 0 Å². The summed E-state index contributed by atoms with van der Waals surface area (Å²) >= 11 is 0. The zero-order valence-corrected chi connectivity index (χ0v) is 20.8. The highest BCUT2D eigenvalue weighted by atomic mass is 16.1. The van der Waals surface area contributed by atoms with Crippen LogP contribution in [0.1, 0.15) is 112 Å². The molecular weight excluding hydrogens is 364 g/mol. The Bertz CT molecular complexity index is 643. The van der Waals surface area contributed by atoms with Gasteiger partial charge in [-0.15, -0.1) is 12.3 Å². The Labute approximate surface area is 187 Å². The average Bonchev–Trinajstić information content (AvgIpc) is 3.22. The largest absolute Gasteiger partial charge is 0.299 e. The lowest BCUT2D eigenvalue weighted by atomic mass is 9.38. The monoisotopic (exact) mass is 412 g/mol. The molecule has 5 rings (SSSR count). The van der Waals surface area contributed by atoms with Gasteiger partial charge in [-0.3, -0.25) is 4.79 Å². The maximum Gasteiger partial charge on any atom is 0.136 e. The molecule has 1 nitrogen and oxygen atoms in total. The lowest BCUT2D eigenvalue weighted by Gasteiger charge is -2.66. The number of ketones is 1. The fourth-order valence-corrected chi connectivity index (χ4v) is 9.60. The van der Waals surface area contributed by atoms with Gasteiger partial charge in [-0.25, -0.2) is 0 Å². The summed E-state index contributed by atoms with van der Waals surface area (Å²) in [4.78, 5) is 12.4. The molecular formula is C29H48O. The van der Waals surface area contributed by atoms with E-state index in [-0.39, 0.29) is 0 Å². The number of rotatable bonds is 0. The summed E-state index contributed by atoms with van der Waals surface area (Å²) in [5.74, 6) is 8.90. The molecule has 5 aliphatic rings. The Morgan fingerprint density at radius 2 is 1.53 bits per heavy atom. The molecule has 9 atom stereocenters. The molecule has 170 valence electrons. The first-order valence-electron chi connectivity index (χ1n) is 13.3. The second kappa shape index (κ2) is 9.38. The number of hydrogen-bond acceptors (Lipinski definition) is 1. The second-order valence-corrected chi connectivity index (χ2v) is 11.5. The highest BCUT2D eigenvalue weighted by Crippen LogP contribution is 2.69. The van der Waals surface area contributed by atoms with Gasteiger partial charge in [0.15, 0.2) is 0 Å². The Morgan fingerprint density at radius 1 is 0.867 bits per heavy atom. The zero-order chi connectivity index (χ0) is 22.1. The van der Waals surface area contributed by atoms with E-state index >= 15 is 0 Å². The van der Waals surface area contributed by atoms with Gasteiger partial charge in [0.05, 0.1) is 0 Å². The zero-order valence-electron chi connectivity index (χ0n) is 20.8. The minimum absolute atomic E-state index is 0.326. The van der Waals surface area contributed by atoms with Crippen LogP contribution in [0.4, 0.5) is 0 Å². The van der Waals surface area contributed by atoms with Gasteiger partial charge in [0, 0.05) is 12.3 Å². The molecule has 0 aromatic carbocycles. The molecule has 5 fully saturated rings. The van der Waals surface area contributed by atoms with Gasteiger partial charge in [-0.2, -0.15) is 0 Å². The molecule has 0 amide bonds. The summed E-state index contributed by atoms with van der Waals surface area (Å²) < 4.78 is 0. The number of hydrogen-bond donors (Lipinski definition) is 0. The summed E-state index contributed by atoms with van der Waals surface area (Å²) in [6, 6.07) is 0. The lowest BCUT2D eigenvalue weighted by Crippen LogP contribution is -2.60. The van der Waals surface area contributed by atoms with Crippen LogP contribution in [0.3, 0.4) is 0 Å². The third-order valence-corrected chi connectivity index (χ3v) is 10.7. The lowest BCUT2D eigenvalue weighted by molar-refractivity contribution is -0.178. The smallest absolute Gasteiger partial charge is 0.136 e. The molecule has 1 heteroatoms. The van der Waals surface area contributed by atoms with Crippen molar-refractivity contribution in [2.45, 2.75) is 112 Å². The highest BCUT2D eigenvalue weighted by molar-refractivity contribution is 5.82. The topological polar surface area (TPSA) is 17.1 Å². The fraction of sp³-hybridized carbons (Fsp3) is 0.897. The molecule has 0 aromatic heterocycles. The molecule has 0 bridgehead atoms.